The van der Waals surface area contributed by atoms with Crippen LogP contribution in [0.25, 0.3) is 0 Å². The van der Waals surface area contributed by atoms with Gasteiger partial charge in [0.05, 0.1) is 18.1 Å². The molecule has 2 atom stereocenters. The standard InChI is InChI=1S/C13H17ClN4O2/c1-13(2)8(9(13)10(19)18-12(15)16)7-4-6(14)5-17-11(7)20-3/h4-5,8-9H,1-3H3,(H4,15,16,18,19)/t8-,9+/m1/s1. The Balaban J connectivity index is 2.37. The molecular weight excluding hydrogens is 280 g/mol. The minimum Gasteiger partial charge on any atom is -0.481 e. The zero-order valence-electron chi connectivity index (χ0n) is 11.6. The fourth-order valence-corrected chi connectivity index (χ4v) is 2.88. The fourth-order valence-electron chi connectivity index (χ4n) is 2.71. The van der Waals surface area contributed by atoms with Crippen molar-refractivity contribution in [2.45, 2.75) is 19.8 Å². The average Bonchev–Trinajstić information content (AvgIpc) is 2.91. The molecule has 0 saturated heterocycles. The van der Waals surface area contributed by atoms with Crippen molar-refractivity contribution in [3.05, 3.63) is 22.8 Å². The van der Waals surface area contributed by atoms with Crippen LogP contribution in [-0.2, 0) is 4.79 Å². The van der Waals surface area contributed by atoms with Gasteiger partial charge in [-0.15, -0.1) is 0 Å². The van der Waals surface area contributed by atoms with Gasteiger partial charge in [-0.05, 0) is 11.5 Å². The molecule has 7 heteroatoms. The van der Waals surface area contributed by atoms with Crippen molar-refractivity contribution in [2.24, 2.45) is 27.8 Å². The van der Waals surface area contributed by atoms with E-state index in [1.807, 2.05) is 13.8 Å². The van der Waals surface area contributed by atoms with Crippen LogP contribution in [0.1, 0.15) is 25.3 Å². The summed E-state index contributed by atoms with van der Waals surface area (Å²) in [4.78, 5) is 19.8. The number of carbonyl (C=O) groups is 1. The minimum absolute atomic E-state index is 0.0701. The van der Waals surface area contributed by atoms with E-state index in [1.54, 1.807) is 6.07 Å². The maximum absolute atomic E-state index is 12.1. The molecule has 2 rings (SSSR count). The maximum Gasteiger partial charge on any atom is 0.253 e. The van der Waals surface area contributed by atoms with Gasteiger partial charge in [-0.3, -0.25) is 4.79 Å². The van der Waals surface area contributed by atoms with Gasteiger partial charge in [0, 0.05) is 17.7 Å². The topological polar surface area (TPSA) is 104 Å². The van der Waals surface area contributed by atoms with E-state index in [4.69, 9.17) is 27.8 Å². The third-order valence-electron chi connectivity index (χ3n) is 3.71. The Hall–Kier alpha value is -1.82. The number of amides is 1. The lowest BCUT2D eigenvalue weighted by Gasteiger charge is -2.08. The molecule has 1 saturated carbocycles. The van der Waals surface area contributed by atoms with Crippen LogP contribution in [0.3, 0.4) is 0 Å². The van der Waals surface area contributed by atoms with Gasteiger partial charge in [-0.2, -0.15) is 4.99 Å². The number of nitrogens with two attached hydrogens (primary N) is 2. The van der Waals surface area contributed by atoms with Gasteiger partial charge in [-0.1, -0.05) is 25.4 Å². The first-order valence-corrected chi connectivity index (χ1v) is 6.49. The summed E-state index contributed by atoms with van der Waals surface area (Å²) in [5.74, 6) is -0.472. The summed E-state index contributed by atoms with van der Waals surface area (Å²) < 4.78 is 5.24. The number of nitrogens with zero attached hydrogens (tertiary/aromatic N) is 2. The lowest BCUT2D eigenvalue weighted by molar-refractivity contribution is -0.119. The molecule has 0 aliphatic heterocycles. The summed E-state index contributed by atoms with van der Waals surface area (Å²) >= 11 is 5.98. The first kappa shape index (κ1) is 14.6. The van der Waals surface area contributed by atoms with Gasteiger partial charge in [0.2, 0.25) is 5.88 Å². The predicted molar refractivity (Wildman–Crippen MR) is 76.6 cm³/mol. The Labute approximate surface area is 122 Å². The van der Waals surface area contributed by atoms with Crippen molar-refractivity contribution in [3.63, 3.8) is 0 Å². The largest absolute Gasteiger partial charge is 0.481 e. The first-order chi connectivity index (χ1) is 9.28. The second-order valence-corrected chi connectivity index (χ2v) is 5.84. The van der Waals surface area contributed by atoms with Crippen LogP contribution in [0.2, 0.25) is 5.02 Å². The Morgan fingerprint density at radius 3 is 2.70 bits per heavy atom. The quantitative estimate of drug-likeness (QED) is 0.646. The number of hydrogen-bond acceptors (Lipinski definition) is 3. The highest BCUT2D eigenvalue weighted by molar-refractivity contribution is 6.30. The highest BCUT2D eigenvalue weighted by Gasteiger charge is 2.63. The Morgan fingerprint density at radius 2 is 2.15 bits per heavy atom. The molecule has 1 heterocycles. The van der Waals surface area contributed by atoms with Crippen molar-refractivity contribution >= 4 is 23.5 Å². The summed E-state index contributed by atoms with van der Waals surface area (Å²) in [6, 6.07) is 1.77. The molecule has 108 valence electrons. The molecule has 0 radical (unpaired) electrons. The lowest BCUT2D eigenvalue weighted by atomic mass is 10.0. The summed E-state index contributed by atoms with van der Waals surface area (Å²) in [7, 11) is 1.53. The van der Waals surface area contributed by atoms with E-state index in [-0.39, 0.29) is 29.1 Å². The Morgan fingerprint density at radius 1 is 1.50 bits per heavy atom. The van der Waals surface area contributed by atoms with Gasteiger partial charge < -0.3 is 16.2 Å². The van der Waals surface area contributed by atoms with Crippen LogP contribution in [-0.4, -0.2) is 24.0 Å². The van der Waals surface area contributed by atoms with Crippen LogP contribution >= 0.6 is 11.6 Å². The molecule has 0 bridgehead atoms. The van der Waals surface area contributed by atoms with E-state index < -0.39 is 0 Å². The summed E-state index contributed by atoms with van der Waals surface area (Å²) in [6.07, 6.45) is 1.51. The molecule has 0 aromatic carbocycles. The first-order valence-electron chi connectivity index (χ1n) is 6.12. The molecule has 0 spiro atoms. The highest BCUT2D eigenvalue weighted by Crippen LogP contribution is 2.66. The summed E-state index contributed by atoms with van der Waals surface area (Å²) in [5.41, 5.74) is 11.1. The number of guanidine groups is 1. The molecule has 1 aromatic heterocycles. The van der Waals surface area contributed by atoms with Crippen molar-refractivity contribution in [1.82, 2.24) is 4.98 Å². The second kappa shape index (κ2) is 4.94. The zero-order valence-corrected chi connectivity index (χ0v) is 12.3. The van der Waals surface area contributed by atoms with Crippen LogP contribution in [0.4, 0.5) is 0 Å². The molecule has 4 N–H and O–H groups in total. The Kier molecular flexibility index (Phi) is 3.60. The average molecular weight is 297 g/mol. The van der Waals surface area contributed by atoms with E-state index in [0.717, 1.165) is 5.56 Å². The molecule has 1 amide bonds. The van der Waals surface area contributed by atoms with Crippen molar-refractivity contribution in [3.8, 4) is 5.88 Å². The third kappa shape index (κ3) is 2.43. The van der Waals surface area contributed by atoms with Crippen LogP contribution in [0.5, 0.6) is 5.88 Å². The van der Waals surface area contributed by atoms with Gasteiger partial charge in [0.15, 0.2) is 5.96 Å². The van der Waals surface area contributed by atoms with E-state index in [2.05, 4.69) is 9.98 Å². The molecular formula is C13H17ClN4O2. The number of carbonyl (C=O) groups excluding carboxylic acids is 1. The van der Waals surface area contributed by atoms with Gasteiger partial charge in [0.25, 0.3) is 5.91 Å². The number of hydrogen-bond donors (Lipinski definition) is 2. The number of methoxy groups -OCH3 is 1. The van der Waals surface area contributed by atoms with Crippen LogP contribution < -0.4 is 16.2 Å². The third-order valence-corrected chi connectivity index (χ3v) is 3.91. The fraction of sp³-hybridized carbons (Fsp3) is 0.462. The SMILES string of the molecule is COc1ncc(Cl)cc1[C@@H]1[C@@H](C(=O)N=C(N)N)C1(C)C. The normalized spacial score (nSPS) is 23.0. The Bertz CT molecular complexity index is 582. The monoisotopic (exact) mass is 296 g/mol. The number of pyridine rings is 1. The van der Waals surface area contributed by atoms with Crippen molar-refractivity contribution in [1.29, 1.82) is 0 Å². The van der Waals surface area contributed by atoms with E-state index in [9.17, 15) is 4.79 Å². The maximum atomic E-state index is 12.1. The van der Waals surface area contributed by atoms with Crippen molar-refractivity contribution < 1.29 is 9.53 Å². The van der Waals surface area contributed by atoms with Gasteiger partial charge >= 0.3 is 0 Å². The molecule has 20 heavy (non-hydrogen) atoms. The number of aromatic nitrogens is 1. The molecule has 1 aliphatic rings. The zero-order chi connectivity index (χ0) is 15.1. The number of ether oxygens (including phenoxy) is 1. The summed E-state index contributed by atoms with van der Waals surface area (Å²) in [6.45, 7) is 3.95. The lowest BCUT2D eigenvalue weighted by Crippen LogP contribution is -2.25. The number of rotatable bonds is 3. The number of aliphatic imine (C=N–C) groups is 1. The van der Waals surface area contributed by atoms with Crippen LogP contribution in [0, 0.1) is 11.3 Å². The smallest absolute Gasteiger partial charge is 0.253 e. The van der Waals surface area contributed by atoms with E-state index >= 15 is 0 Å². The molecule has 1 aromatic rings. The predicted octanol–water partition coefficient (Wildman–Crippen LogP) is 1.28. The second-order valence-electron chi connectivity index (χ2n) is 5.40. The van der Waals surface area contributed by atoms with Gasteiger partial charge in [-0.25, -0.2) is 4.98 Å². The molecule has 6 nitrogen and oxygen atoms in total. The number of halogens is 1. The molecule has 1 aliphatic carbocycles. The molecule has 0 unspecified atom stereocenters. The van der Waals surface area contributed by atoms with Crippen LogP contribution in [0.15, 0.2) is 17.3 Å². The minimum atomic E-state index is -0.331. The van der Waals surface area contributed by atoms with Crippen molar-refractivity contribution in [2.75, 3.05) is 7.11 Å². The molecule has 1 fully saturated rings. The summed E-state index contributed by atoms with van der Waals surface area (Å²) in [5, 5.41) is 0.497. The van der Waals surface area contributed by atoms with E-state index in [0.29, 0.717) is 10.9 Å². The highest BCUT2D eigenvalue weighted by atomic mass is 35.5. The van der Waals surface area contributed by atoms with E-state index in [1.165, 1.54) is 13.3 Å². The van der Waals surface area contributed by atoms with Gasteiger partial charge in [0.1, 0.15) is 0 Å².